The molecule has 1 aromatic carbocycles. The molecule has 0 aromatic heterocycles. The Labute approximate surface area is 127 Å². The Balaban J connectivity index is 1.77. The predicted molar refractivity (Wildman–Crippen MR) is 92.0 cm³/mol. The molecule has 1 unspecified atom stereocenters. The van der Waals surface area contributed by atoms with Crippen LogP contribution in [-0.4, -0.2) is 0 Å². The van der Waals surface area contributed by atoms with Crippen molar-refractivity contribution in [3.8, 4) is 0 Å². The first-order valence-electron chi connectivity index (χ1n) is 7.59. The van der Waals surface area contributed by atoms with E-state index in [-0.39, 0.29) is 0 Å². The lowest BCUT2D eigenvalue weighted by Crippen LogP contribution is -1.90. The Morgan fingerprint density at radius 1 is 1.10 bits per heavy atom. The Hall–Kier alpha value is -2.08. The summed E-state index contributed by atoms with van der Waals surface area (Å²) in [5.41, 5.74) is 9.39. The number of benzene rings is 1. The maximum absolute atomic E-state index is 4.23. The molecule has 1 aromatic rings. The third-order valence-corrected chi connectivity index (χ3v) is 4.71. The first-order chi connectivity index (χ1) is 10.1. The van der Waals surface area contributed by atoms with Gasteiger partial charge in [-0.3, -0.25) is 0 Å². The van der Waals surface area contributed by atoms with Crippen molar-refractivity contribution >= 4 is 5.57 Å². The van der Waals surface area contributed by atoms with E-state index in [2.05, 4.69) is 69.5 Å². The number of rotatable bonds is 2. The van der Waals surface area contributed by atoms with Gasteiger partial charge in [0.15, 0.2) is 0 Å². The molecule has 0 saturated heterocycles. The smallest absolute Gasteiger partial charge is 0.00174 e. The van der Waals surface area contributed by atoms with Crippen molar-refractivity contribution in [1.82, 2.24) is 0 Å². The second-order valence-electron chi connectivity index (χ2n) is 6.18. The van der Waals surface area contributed by atoms with Crippen LogP contribution in [0.3, 0.4) is 0 Å². The Kier molecular flexibility index (Phi) is 3.55. The van der Waals surface area contributed by atoms with Crippen molar-refractivity contribution in [3.05, 3.63) is 89.1 Å². The van der Waals surface area contributed by atoms with Crippen molar-refractivity contribution < 1.29 is 0 Å². The average Bonchev–Trinajstić information content (AvgIpc) is 3.01. The van der Waals surface area contributed by atoms with Gasteiger partial charge in [-0.1, -0.05) is 68.1 Å². The fraction of sp³-hybridized carbons (Fsp3) is 0.238. The van der Waals surface area contributed by atoms with Crippen LogP contribution in [0.15, 0.2) is 77.9 Å². The molecule has 0 aliphatic heterocycles. The molecule has 0 N–H and O–H groups in total. The zero-order valence-corrected chi connectivity index (χ0v) is 12.9. The fourth-order valence-electron chi connectivity index (χ4n) is 3.17. The molecule has 0 radical (unpaired) electrons. The van der Waals surface area contributed by atoms with Gasteiger partial charge in [-0.25, -0.2) is 0 Å². The second-order valence-corrected chi connectivity index (χ2v) is 6.18. The van der Waals surface area contributed by atoms with Gasteiger partial charge in [0.2, 0.25) is 0 Å². The summed E-state index contributed by atoms with van der Waals surface area (Å²) in [6.07, 6.45) is 8.82. The van der Waals surface area contributed by atoms with Crippen molar-refractivity contribution in [2.24, 2.45) is 5.92 Å². The highest BCUT2D eigenvalue weighted by atomic mass is 14.3. The average molecular weight is 274 g/mol. The second kappa shape index (κ2) is 5.37. The van der Waals surface area contributed by atoms with Crippen LogP contribution in [0.25, 0.3) is 5.57 Å². The molecule has 0 bridgehead atoms. The van der Waals surface area contributed by atoms with Gasteiger partial charge in [-0.05, 0) is 53.2 Å². The topological polar surface area (TPSA) is 0 Å². The molecule has 0 amide bonds. The molecule has 1 saturated carbocycles. The minimum Gasteiger partial charge on any atom is -0.0989 e. The van der Waals surface area contributed by atoms with Crippen LogP contribution in [0.4, 0.5) is 0 Å². The van der Waals surface area contributed by atoms with E-state index in [0.29, 0.717) is 5.92 Å². The van der Waals surface area contributed by atoms with E-state index in [1.807, 2.05) is 0 Å². The van der Waals surface area contributed by atoms with E-state index in [1.165, 1.54) is 39.0 Å². The van der Waals surface area contributed by atoms with Crippen molar-refractivity contribution in [2.75, 3.05) is 0 Å². The standard InChI is InChI=1S/C21H22/c1-14-7-5-6-8-21(14)19-10-9-18(12-19)13-20-11-15(2)16(3)17(20)4/h5-10,13,16H,2,4,11-12H2,1,3H3/b20-13+. The quantitative estimate of drug-likeness (QED) is 0.599. The van der Waals surface area contributed by atoms with Gasteiger partial charge in [-0.2, -0.15) is 0 Å². The highest BCUT2D eigenvalue weighted by molar-refractivity contribution is 5.75. The number of aryl methyl sites for hydroxylation is 1. The van der Waals surface area contributed by atoms with Crippen LogP contribution >= 0.6 is 0 Å². The molecule has 21 heavy (non-hydrogen) atoms. The predicted octanol–water partition coefficient (Wildman–Crippen LogP) is 5.79. The summed E-state index contributed by atoms with van der Waals surface area (Å²) in [5.74, 6) is 0.432. The van der Waals surface area contributed by atoms with Crippen molar-refractivity contribution in [1.29, 1.82) is 0 Å². The zero-order chi connectivity index (χ0) is 15.0. The minimum absolute atomic E-state index is 0.432. The molecule has 1 atom stereocenters. The van der Waals surface area contributed by atoms with Gasteiger partial charge in [0.25, 0.3) is 0 Å². The van der Waals surface area contributed by atoms with Crippen LogP contribution < -0.4 is 0 Å². The maximum Gasteiger partial charge on any atom is 0.00174 e. The highest BCUT2D eigenvalue weighted by Crippen LogP contribution is 2.40. The van der Waals surface area contributed by atoms with Gasteiger partial charge in [0, 0.05) is 5.92 Å². The monoisotopic (exact) mass is 274 g/mol. The number of hydrogen-bond acceptors (Lipinski definition) is 0. The summed E-state index contributed by atoms with van der Waals surface area (Å²) < 4.78 is 0. The number of hydrogen-bond donors (Lipinski definition) is 0. The molecule has 0 spiro atoms. The number of allylic oxidation sites excluding steroid dienone is 8. The highest BCUT2D eigenvalue weighted by Gasteiger charge is 2.23. The first-order valence-corrected chi connectivity index (χ1v) is 7.59. The molecule has 3 rings (SSSR count). The van der Waals surface area contributed by atoms with E-state index < -0.39 is 0 Å². The summed E-state index contributed by atoms with van der Waals surface area (Å²) in [4.78, 5) is 0. The zero-order valence-electron chi connectivity index (χ0n) is 12.9. The lowest BCUT2D eigenvalue weighted by Gasteiger charge is -2.08. The molecular formula is C21H22. The fourth-order valence-corrected chi connectivity index (χ4v) is 3.17. The van der Waals surface area contributed by atoms with Crippen molar-refractivity contribution in [2.45, 2.75) is 26.7 Å². The molecule has 0 heterocycles. The van der Waals surface area contributed by atoms with Crippen LogP contribution in [-0.2, 0) is 0 Å². The summed E-state index contributed by atoms with van der Waals surface area (Å²) >= 11 is 0. The minimum atomic E-state index is 0.432. The van der Waals surface area contributed by atoms with Crippen molar-refractivity contribution in [3.63, 3.8) is 0 Å². The third-order valence-electron chi connectivity index (χ3n) is 4.71. The first kappa shape index (κ1) is 13.9. The van der Waals surface area contributed by atoms with E-state index in [0.717, 1.165) is 12.8 Å². The van der Waals surface area contributed by atoms with E-state index in [9.17, 15) is 0 Å². The van der Waals surface area contributed by atoms with Gasteiger partial charge >= 0.3 is 0 Å². The Bertz CT molecular complexity index is 707. The SMILES string of the molecule is C=C1C/C(=C\C2=CC=C(c3ccccc3C)C2)C(=C)C1C. The summed E-state index contributed by atoms with van der Waals surface area (Å²) in [6, 6.07) is 8.60. The third kappa shape index (κ3) is 2.58. The summed E-state index contributed by atoms with van der Waals surface area (Å²) in [5, 5.41) is 0. The molecule has 2 aliphatic rings. The van der Waals surface area contributed by atoms with Crippen LogP contribution in [0.5, 0.6) is 0 Å². The van der Waals surface area contributed by atoms with Gasteiger partial charge in [0.1, 0.15) is 0 Å². The Morgan fingerprint density at radius 3 is 2.52 bits per heavy atom. The van der Waals surface area contributed by atoms with Crippen LogP contribution in [0.1, 0.15) is 30.9 Å². The maximum atomic E-state index is 4.23. The molecule has 0 heteroatoms. The Morgan fingerprint density at radius 2 is 1.86 bits per heavy atom. The summed E-state index contributed by atoms with van der Waals surface area (Å²) in [6.45, 7) is 12.8. The molecule has 2 aliphatic carbocycles. The lowest BCUT2D eigenvalue weighted by molar-refractivity contribution is 0.868. The largest absolute Gasteiger partial charge is 0.0989 e. The van der Waals surface area contributed by atoms with E-state index in [4.69, 9.17) is 0 Å². The lowest BCUT2D eigenvalue weighted by atomic mass is 9.97. The molecule has 0 nitrogen and oxygen atoms in total. The molecule has 1 fully saturated rings. The summed E-state index contributed by atoms with van der Waals surface area (Å²) in [7, 11) is 0. The van der Waals surface area contributed by atoms with Crippen LogP contribution in [0.2, 0.25) is 0 Å². The van der Waals surface area contributed by atoms with E-state index in [1.54, 1.807) is 0 Å². The molecular weight excluding hydrogens is 252 g/mol. The van der Waals surface area contributed by atoms with E-state index >= 15 is 0 Å². The van der Waals surface area contributed by atoms with Gasteiger partial charge in [0.05, 0.1) is 0 Å². The van der Waals surface area contributed by atoms with Gasteiger partial charge in [-0.15, -0.1) is 0 Å². The van der Waals surface area contributed by atoms with Gasteiger partial charge < -0.3 is 0 Å². The van der Waals surface area contributed by atoms with Crippen LogP contribution in [0, 0.1) is 12.8 Å². The molecule has 106 valence electrons. The normalized spacial score (nSPS) is 23.7.